The molecule has 0 radical (unpaired) electrons. The fourth-order valence-corrected chi connectivity index (χ4v) is 1.43. The molecule has 1 N–H and O–H groups in total. The third-order valence-electron chi connectivity index (χ3n) is 2.20. The molecule has 0 aliphatic rings. The summed E-state index contributed by atoms with van der Waals surface area (Å²) in [5.41, 5.74) is 1.45. The molecule has 1 heterocycles. The number of hydrogen-bond acceptors (Lipinski definition) is 4. The van der Waals surface area contributed by atoms with Gasteiger partial charge in [0.15, 0.2) is 0 Å². The molecule has 0 aliphatic heterocycles. The van der Waals surface area contributed by atoms with Gasteiger partial charge in [-0.3, -0.25) is 4.79 Å². The summed E-state index contributed by atoms with van der Waals surface area (Å²) >= 11 is 0. The molecule has 0 unspecified atom stereocenters. The number of aromatic nitrogens is 3. The SMILES string of the molecule is COc1cccc(-c2cn(CC(=O)O)nn2)c1. The zero-order chi connectivity index (χ0) is 12.3. The zero-order valence-corrected chi connectivity index (χ0v) is 9.20. The van der Waals surface area contributed by atoms with Crippen LogP contribution >= 0.6 is 0 Å². The lowest BCUT2D eigenvalue weighted by Gasteiger charge is -2.00. The maximum Gasteiger partial charge on any atom is 0.325 e. The van der Waals surface area contributed by atoms with E-state index in [0.717, 1.165) is 11.3 Å². The lowest BCUT2D eigenvalue weighted by atomic mass is 10.1. The Kier molecular flexibility index (Phi) is 3.04. The number of carbonyl (C=O) groups is 1. The number of aliphatic carboxylic acids is 1. The molecule has 17 heavy (non-hydrogen) atoms. The van der Waals surface area contributed by atoms with Crippen molar-refractivity contribution in [2.45, 2.75) is 6.54 Å². The molecular weight excluding hydrogens is 222 g/mol. The van der Waals surface area contributed by atoms with Crippen molar-refractivity contribution >= 4 is 5.97 Å². The first-order chi connectivity index (χ1) is 8.19. The maximum atomic E-state index is 10.5. The molecule has 0 saturated carbocycles. The van der Waals surface area contributed by atoms with Gasteiger partial charge in [-0.25, -0.2) is 4.68 Å². The predicted molar refractivity (Wildman–Crippen MR) is 59.6 cm³/mol. The first kappa shape index (κ1) is 11.1. The molecule has 6 nitrogen and oxygen atoms in total. The Morgan fingerprint density at radius 1 is 1.53 bits per heavy atom. The van der Waals surface area contributed by atoms with E-state index >= 15 is 0 Å². The largest absolute Gasteiger partial charge is 0.497 e. The summed E-state index contributed by atoms with van der Waals surface area (Å²) in [6, 6.07) is 7.34. The van der Waals surface area contributed by atoms with Gasteiger partial charge >= 0.3 is 5.97 Å². The number of hydrogen-bond donors (Lipinski definition) is 1. The van der Waals surface area contributed by atoms with Crippen molar-refractivity contribution in [1.29, 1.82) is 0 Å². The lowest BCUT2D eigenvalue weighted by molar-refractivity contribution is -0.137. The molecule has 1 aromatic heterocycles. The van der Waals surface area contributed by atoms with Crippen molar-refractivity contribution in [3.05, 3.63) is 30.5 Å². The van der Waals surface area contributed by atoms with E-state index in [1.54, 1.807) is 13.3 Å². The number of methoxy groups -OCH3 is 1. The highest BCUT2D eigenvalue weighted by Gasteiger charge is 2.06. The van der Waals surface area contributed by atoms with Crippen LogP contribution in [0.3, 0.4) is 0 Å². The molecule has 2 rings (SSSR count). The van der Waals surface area contributed by atoms with E-state index in [1.165, 1.54) is 4.68 Å². The van der Waals surface area contributed by atoms with Crippen molar-refractivity contribution in [2.24, 2.45) is 0 Å². The smallest absolute Gasteiger partial charge is 0.325 e. The van der Waals surface area contributed by atoms with Gasteiger partial charge in [0.25, 0.3) is 0 Å². The minimum atomic E-state index is -0.952. The standard InChI is InChI=1S/C11H11N3O3/c1-17-9-4-2-3-8(5-9)10-6-14(13-12-10)7-11(15)16/h2-6H,7H2,1H3,(H,15,16). The molecule has 6 heteroatoms. The van der Waals surface area contributed by atoms with Crippen LogP contribution in [0, 0.1) is 0 Å². The van der Waals surface area contributed by atoms with Crippen molar-refractivity contribution < 1.29 is 14.6 Å². The quantitative estimate of drug-likeness (QED) is 0.853. The minimum Gasteiger partial charge on any atom is -0.497 e. The first-order valence-corrected chi connectivity index (χ1v) is 4.95. The molecule has 0 saturated heterocycles. The van der Waals surface area contributed by atoms with Gasteiger partial charge < -0.3 is 9.84 Å². The van der Waals surface area contributed by atoms with E-state index in [0.29, 0.717) is 5.69 Å². The molecule has 88 valence electrons. The van der Waals surface area contributed by atoms with Crippen molar-refractivity contribution in [2.75, 3.05) is 7.11 Å². The summed E-state index contributed by atoms with van der Waals surface area (Å²) in [5, 5.41) is 16.3. The zero-order valence-electron chi connectivity index (χ0n) is 9.20. The van der Waals surface area contributed by atoms with Crippen molar-refractivity contribution in [3.63, 3.8) is 0 Å². The van der Waals surface area contributed by atoms with E-state index in [9.17, 15) is 4.79 Å². The Bertz CT molecular complexity index is 536. The predicted octanol–water partition coefficient (Wildman–Crippen LogP) is 1.04. The maximum absolute atomic E-state index is 10.5. The van der Waals surface area contributed by atoms with Crippen LogP contribution in [-0.4, -0.2) is 33.2 Å². The topological polar surface area (TPSA) is 77.2 Å². The van der Waals surface area contributed by atoms with E-state index in [-0.39, 0.29) is 6.54 Å². The van der Waals surface area contributed by atoms with Crippen LogP contribution in [0.15, 0.2) is 30.5 Å². The molecule has 0 atom stereocenters. The second-order valence-corrected chi connectivity index (χ2v) is 3.43. The van der Waals surface area contributed by atoms with Gasteiger partial charge in [0.2, 0.25) is 0 Å². The van der Waals surface area contributed by atoms with Crippen LogP contribution in [0.25, 0.3) is 11.3 Å². The van der Waals surface area contributed by atoms with Gasteiger partial charge in [0.05, 0.1) is 13.3 Å². The highest BCUT2D eigenvalue weighted by atomic mass is 16.5. The van der Waals surface area contributed by atoms with Gasteiger partial charge in [-0.05, 0) is 12.1 Å². The normalized spacial score (nSPS) is 10.2. The van der Waals surface area contributed by atoms with E-state index in [2.05, 4.69) is 10.3 Å². The Morgan fingerprint density at radius 2 is 2.35 bits per heavy atom. The molecule has 1 aromatic carbocycles. The fourth-order valence-electron chi connectivity index (χ4n) is 1.43. The van der Waals surface area contributed by atoms with Gasteiger partial charge in [-0.2, -0.15) is 0 Å². The Balaban J connectivity index is 2.26. The molecule has 0 bridgehead atoms. The third-order valence-corrected chi connectivity index (χ3v) is 2.20. The summed E-state index contributed by atoms with van der Waals surface area (Å²) in [6.07, 6.45) is 1.59. The van der Waals surface area contributed by atoms with Gasteiger partial charge in [-0.1, -0.05) is 17.3 Å². The van der Waals surface area contributed by atoms with Gasteiger partial charge in [-0.15, -0.1) is 5.10 Å². The molecule has 0 fully saturated rings. The lowest BCUT2D eigenvalue weighted by Crippen LogP contribution is -2.08. The van der Waals surface area contributed by atoms with Gasteiger partial charge in [0, 0.05) is 5.56 Å². The summed E-state index contributed by atoms with van der Waals surface area (Å²) in [7, 11) is 1.58. The van der Waals surface area contributed by atoms with Crippen molar-refractivity contribution in [3.8, 4) is 17.0 Å². The Hall–Kier alpha value is -2.37. The second-order valence-electron chi connectivity index (χ2n) is 3.43. The minimum absolute atomic E-state index is 0.197. The summed E-state index contributed by atoms with van der Waals surface area (Å²) in [5.74, 6) is -0.234. The average Bonchev–Trinajstić information content (AvgIpc) is 2.77. The molecular formula is C11H11N3O3. The Labute approximate surface area is 97.4 Å². The third kappa shape index (κ3) is 2.60. The molecule has 0 amide bonds. The summed E-state index contributed by atoms with van der Waals surface area (Å²) in [6.45, 7) is -0.197. The van der Waals surface area contributed by atoms with Crippen LogP contribution in [0.2, 0.25) is 0 Å². The number of nitrogens with zero attached hydrogens (tertiary/aromatic N) is 3. The number of carboxylic acid groups (broad SMARTS) is 1. The molecule has 0 spiro atoms. The summed E-state index contributed by atoms with van der Waals surface area (Å²) < 4.78 is 6.37. The van der Waals surface area contributed by atoms with E-state index in [1.807, 2.05) is 24.3 Å². The van der Waals surface area contributed by atoms with E-state index < -0.39 is 5.97 Å². The monoisotopic (exact) mass is 233 g/mol. The van der Waals surface area contributed by atoms with Crippen LogP contribution in [0.4, 0.5) is 0 Å². The van der Waals surface area contributed by atoms with Crippen LogP contribution in [0.5, 0.6) is 5.75 Å². The first-order valence-electron chi connectivity index (χ1n) is 4.95. The molecule has 0 aliphatic carbocycles. The number of rotatable bonds is 4. The van der Waals surface area contributed by atoms with Crippen LogP contribution < -0.4 is 4.74 Å². The highest BCUT2D eigenvalue weighted by molar-refractivity contribution is 5.66. The summed E-state index contributed by atoms with van der Waals surface area (Å²) in [4.78, 5) is 10.5. The second kappa shape index (κ2) is 4.65. The van der Waals surface area contributed by atoms with E-state index in [4.69, 9.17) is 9.84 Å². The fraction of sp³-hybridized carbons (Fsp3) is 0.182. The number of carboxylic acids is 1. The average molecular weight is 233 g/mol. The van der Waals surface area contributed by atoms with Gasteiger partial charge in [0.1, 0.15) is 18.0 Å². The number of ether oxygens (including phenoxy) is 1. The van der Waals surface area contributed by atoms with Crippen LogP contribution in [-0.2, 0) is 11.3 Å². The molecule has 2 aromatic rings. The van der Waals surface area contributed by atoms with Crippen LogP contribution in [0.1, 0.15) is 0 Å². The number of benzene rings is 1. The highest BCUT2D eigenvalue weighted by Crippen LogP contribution is 2.21. The Morgan fingerprint density at radius 3 is 3.06 bits per heavy atom. The van der Waals surface area contributed by atoms with Crippen molar-refractivity contribution in [1.82, 2.24) is 15.0 Å².